The van der Waals surface area contributed by atoms with Crippen molar-refractivity contribution in [3.05, 3.63) is 39.3 Å². The number of aromatic nitrogens is 2. The Hall–Kier alpha value is -2.02. The zero-order valence-electron chi connectivity index (χ0n) is 14.1. The first kappa shape index (κ1) is 16.8. The second kappa shape index (κ2) is 5.81. The minimum Gasteiger partial charge on any atom is -0.356 e. The molecule has 0 aliphatic carbocycles. The molecule has 1 fully saturated rings. The SMILES string of the molecule is Cc1cc(C(C)N)c2nc(N3CCC(F)(F)CC3)c(C)c(=O)n2c1. The summed E-state index contributed by atoms with van der Waals surface area (Å²) in [6, 6.07) is 1.63. The van der Waals surface area contributed by atoms with Gasteiger partial charge in [-0.25, -0.2) is 13.8 Å². The van der Waals surface area contributed by atoms with Crippen molar-refractivity contribution < 1.29 is 8.78 Å². The summed E-state index contributed by atoms with van der Waals surface area (Å²) in [4.78, 5) is 19.2. The van der Waals surface area contributed by atoms with Crippen molar-refractivity contribution in [2.24, 2.45) is 5.73 Å². The van der Waals surface area contributed by atoms with Crippen molar-refractivity contribution in [3.8, 4) is 0 Å². The maximum absolute atomic E-state index is 13.4. The number of fused-ring (bicyclic) bond motifs is 1. The van der Waals surface area contributed by atoms with Crippen LogP contribution in [0.5, 0.6) is 0 Å². The van der Waals surface area contributed by atoms with Crippen molar-refractivity contribution in [2.75, 3.05) is 18.0 Å². The smallest absolute Gasteiger partial charge is 0.262 e. The van der Waals surface area contributed by atoms with Crippen LogP contribution in [0.4, 0.5) is 14.6 Å². The lowest BCUT2D eigenvalue weighted by molar-refractivity contribution is -0.0221. The summed E-state index contributed by atoms with van der Waals surface area (Å²) < 4.78 is 28.3. The lowest BCUT2D eigenvalue weighted by Gasteiger charge is -2.33. The van der Waals surface area contributed by atoms with Gasteiger partial charge in [-0.2, -0.15) is 0 Å². The summed E-state index contributed by atoms with van der Waals surface area (Å²) in [5.41, 5.74) is 8.51. The summed E-state index contributed by atoms with van der Waals surface area (Å²) in [5.74, 6) is -2.15. The van der Waals surface area contributed by atoms with Crippen LogP contribution in [0, 0.1) is 13.8 Å². The molecule has 130 valence electrons. The van der Waals surface area contributed by atoms with E-state index in [0.29, 0.717) is 17.0 Å². The maximum atomic E-state index is 13.4. The molecule has 2 aromatic rings. The second-order valence-corrected chi connectivity index (χ2v) is 6.66. The van der Waals surface area contributed by atoms with Crippen LogP contribution in [-0.2, 0) is 0 Å². The van der Waals surface area contributed by atoms with Crippen molar-refractivity contribution >= 4 is 11.5 Å². The van der Waals surface area contributed by atoms with E-state index >= 15 is 0 Å². The standard InChI is InChI=1S/C17H22F2N4O/c1-10-8-13(12(3)20)15-21-14(11(2)16(24)23(15)9-10)22-6-4-17(18,19)5-7-22/h8-9,12H,4-7,20H2,1-3H3. The molecule has 1 aliphatic heterocycles. The number of nitrogens with two attached hydrogens (primary N) is 1. The van der Waals surface area contributed by atoms with Crippen molar-refractivity contribution in [2.45, 2.75) is 45.6 Å². The Kier molecular flexibility index (Phi) is 4.07. The normalized spacial score (nSPS) is 18.8. The number of hydrogen-bond donors (Lipinski definition) is 1. The van der Waals surface area contributed by atoms with Gasteiger partial charge in [0.05, 0.1) is 5.56 Å². The van der Waals surface area contributed by atoms with Crippen molar-refractivity contribution in [3.63, 3.8) is 0 Å². The highest BCUT2D eigenvalue weighted by Gasteiger charge is 2.35. The number of halogens is 2. The van der Waals surface area contributed by atoms with Gasteiger partial charge in [-0.1, -0.05) is 0 Å². The third kappa shape index (κ3) is 2.88. The fraction of sp³-hybridized carbons (Fsp3) is 0.529. The minimum absolute atomic E-state index is 0.182. The van der Waals surface area contributed by atoms with Crippen LogP contribution >= 0.6 is 0 Å². The minimum atomic E-state index is -2.63. The van der Waals surface area contributed by atoms with E-state index in [1.165, 1.54) is 4.40 Å². The Bertz CT molecular complexity index is 835. The molecule has 5 nitrogen and oxygen atoms in total. The molecule has 0 bridgehead atoms. The maximum Gasteiger partial charge on any atom is 0.262 e. The van der Waals surface area contributed by atoms with Crippen LogP contribution in [0.1, 0.15) is 42.5 Å². The molecule has 24 heavy (non-hydrogen) atoms. The molecule has 2 aromatic heterocycles. The number of piperidine rings is 1. The van der Waals surface area contributed by atoms with Gasteiger partial charge in [0.1, 0.15) is 11.5 Å². The molecule has 3 heterocycles. The van der Waals surface area contributed by atoms with Gasteiger partial charge in [-0.05, 0) is 32.4 Å². The lowest BCUT2D eigenvalue weighted by atomic mass is 10.1. The summed E-state index contributed by atoms with van der Waals surface area (Å²) in [6.45, 7) is 5.80. The van der Waals surface area contributed by atoms with Gasteiger partial charge >= 0.3 is 0 Å². The highest BCUT2D eigenvalue weighted by molar-refractivity contribution is 5.58. The number of aryl methyl sites for hydroxylation is 1. The van der Waals surface area contributed by atoms with Gasteiger partial charge in [0.15, 0.2) is 0 Å². The molecule has 3 rings (SSSR count). The average molecular weight is 336 g/mol. The Morgan fingerprint density at radius 2 is 1.92 bits per heavy atom. The van der Waals surface area contributed by atoms with E-state index in [0.717, 1.165) is 11.1 Å². The molecule has 0 saturated carbocycles. The molecule has 0 amide bonds. The Balaban J connectivity index is 2.17. The largest absolute Gasteiger partial charge is 0.356 e. The number of anilines is 1. The molecule has 0 spiro atoms. The van der Waals surface area contributed by atoms with Crippen molar-refractivity contribution in [1.29, 1.82) is 0 Å². The lowest BCUT2D eigenvalue weighted by Crippen LogP contribution is -2.41. The van der Waals surface area contributed by atoms with E-state index in [2.05, 4.69) is 4.98 Å². The Labute approximate surface area is 139 Å². The predicted molar refractivity (Wildman–Crippen MR) is 89.9 cm³/mol. The van der Waals surface area contributed by atoms with Crippen LogP contribution in [0.2, 0.25) is 0 Å². The molecule has 1 atom stereocenters. The van der Waals surface area contributed by atoms with Crippen LogP contribution in [0.3, 0.4) is 0 Å². The molecule has 1 aliphatic rings. The summed E-state index contributed by atoms with van der Waals surface area (Å²) in [6.07, 6.45) is 1.29. The molecular weight excluding hydrogens is 314 g/mol. The number of pyridine rings is 1. The van der Waals surface area contributed by atoms with Crippen LogP contribution in [0.15, 0.2) is 17.1 Å². The highest BCUT2D eigenvalue weighted by Crippen LogP contribution is 2.31. The zero-order valence-corrected chi connectivity index (χ0v) is 14.1. The molecule has 0 radical (unpaired) electrons. The van der Waals surface area contributed by atoms with Crippen LogP contribution in [-0.4, -0.2) is 28.4 Å². The molecule has 1 saturated heterocycles. The van der Waals surface area contributed by atoms with Gasteiger partial charge in [-0.3, -0.25) is 9.20 Å². The molecular formula is C17H22F2N4O. The first-order valence-electron chi connectivity index (χ1n) is 8.11. The van der Waals surface area contributed by atoms with Gasteiger partial charge in [0.2, 0.25) is 0 Å². The molecule has 2 N–H and O–H groups in total. The van der Waals surface area contributed by atoms with E-state index in [1.807, 2.05) is 19.9 Å². The molecule has 1 unspecified atom stereocenters. The van der Waals surface area contributed by atoms with E-state index in [4.69, 9.17) is 5.73 Å². The average Bonchev–Trinajstić information content (AvgIpc) is 2.51. The molecule has 7 heteroatoms. The fourth-order valence-electron chi connectivity index (χ4n) is 3.17. The monoisotopic (exact) mass is 336 g/mol. The highest BCUT2D eigenvalue weighted by atomic mass is 19.3. The summed E-state index contributed by atoms with van der Waals surface area (Å²) in [7, 11) is 0. The number of hydrogen-bond acceptors (Lipinski definition) is 4. The first-order valence-corrected chi connectivity index (χ1v) is 8.11. The van der Waals surface area contributed by atoms with Crippen LogP contribution < -0.4 is 16.2 Å². The first-order chi connectivity index (χ1) is 11.2. The van der Waals surface area contributed by atoms with Gasteiger partial charge < -0.3 is 10.6 Å². The van der Waals surface area contributed by atoms with E-state index < -0.39 is 5.92 Å². The fourth-order valence-corrected chi connectivity index (χ4v) is 3.17. The topological polar surface area (TPSA) is 63.6 Å². The van der Waals surface area contributed by atoms with Crippen LogP contribution in [0.25, 0.3) is 5.65 Å². The van der Waals surface area contributed by atoms with Gasteiger partial charge in [-0.15, -0.1) is 0 Å². The van der Waals surface area contributed by atoms with Gasteiger partial charge in [0, 0.05) is 43.7 Å². The number of alkyl halides is 2. The predicted octanol–water partition coefficient (Wildman–Crippen LogP) is 2.57. The van der Waals surface area contributed by atoms with E-state index in [-0.39, 0.29) is 37.5 Å². The number of rotatable bonds is 2. The summed E-state index contributed by atoms with van der Waals surface area (Å²) >= 11 is 0. The number of nitrogens with zero attached hydrogens (tertiary/aromatic N) is 3. The summed E-state index contributed by atoms with van der Waals surface area (Å²) in [5, 5.41) is 0. The molecule has 0 aromatic carbocycles. The van der Waals surface area contributed by atoms with E-state index in [9.17, 15) is 13.6 Å². The van der Waals surface area contributed by atoms with Crippen molar-refractivity contribution in [1.82, 2.24) is 9.38 Å². The Morgan fingerprint density at radius 1 is 1.29 bits per heavy atom. The van der Waals surface area contributed by atoms with Gasteiger partial charge in [0.25, 0.3) is 11.5 Å². The quantitative estimate of drug-likeness (QED) is 0.915. The second-order valence-electron chi connectivity index (χ2n) is 6.66. The third-order valence-electron chi connectivity index (χ3n) is 4.57. The Morgan fingerprint density at radius 3 is 2.50 bits per heavy atom. The zero-order chi connectivity index (χ0) is 17.6. The third-order valence-corrected chi connectivity index (χ3v) is 4.57. The van der Waals surface area contributed by atoms with E-state index in [1.54, 1.807) is 18.0 Å².